The average Bonchev–Trinajstić information content (AvgIpc) is 2.78. The van der Waals surface area contributed by atoms with E-state index >= 15 is 0 Å². The number of carbonyl (C=O) groups excluding carboxylic acids is 1. The van der Waals surface area contributed by atoms with E-state index in [1.54, 1.807) is 24.3 Å². The summed E-state index contributed by atoms with van der Waals surface area (Å²) in [7, 11) is 0. The first-order valence-corrected chi connectivity index (χ1v) is 9.82. The van der Waals surface area contributed by atoms with E-state index in [0.717, 1.165) is 4.57 Å². The molecule has 0 aliphatic rings. The number of carbonyl (C=O) groups is 1. The average molecular weight is 450 g/mol. The number of nitrogens with one attached hydrogen (secondary N) is 2. The summed E-state index contributed by atoms with van der Waals surface area (Å²) in [6.45, 7) is -0.0428. The molecule has 4 rings (SSSR count). The number of rotatable bonds is 5. The zero-order valence-electron chi connectivity index (χ0n) is 16.4. The maximum atomic E-state index is 14.2. The maximum absolute atomic E-state index is 14.2. The van der Waals surface area contributed by atoms with E-state index < -0.39 is 22.2 Å². The van der Waals surface area contributed by atoms with Crippen molar-refractivity contribution in [3.8, 4) is 5.69 Å². The predicted molar refractivity (Wildman–Crippen MR) is 119 cm³/mol. The molecule has 0 saturated carbocycles. The Morgan fingerprint density at radius 3 is 2.59 bits per heavy atom. The van der Waals surface area contributed by atoms with E-state index in [9.17, 15) is 24.1 Å². The molecule has 2 N–H and O–H groups in total. The third-order valence-corrected chi connectivity index (χ3v) is 5.17. The van der Waals surface area contributed by atoms with Crippen LogP contribution < -0.4 is 10.9 Å². The summed E-state index contributed by atoms with van der Waals surface area (Å²) in [5, 5.41) is 14.0. The van der Waals surface area contributed by atoms with E-state index in [0.29, 0.717) is 11.1 Å². The normalized spacial score (nSPS) is 10.8. The second kappa shape index (κ2) is 8.52. The molecule has 8 nitrogen and oxygen atoms in total. The number of nitrogens with zero attached hydrogens (tertiary/aromatic N) is 2. The van der Waals surface area contributed by atoms with Crippen LogP contribution in [0.3, 0.4) is 0 Å². The van der Waals surface area contributed by atoms with Gasteiger partial charge in [-0.2, -0.15) is 0 Å². The van der Waals surface area contributed by atoms with Gasteiger partial charge < -0.3 is 10.3 Å². The highest BCUT2D eigenvalue weighted by atomic mass is 32.1. The number of aromatic amines is 1. The Labute approximate surface area is 185 Å². The molecular formula is C22H15FN4O4S. The van der Waals surface area contributed by atoms with E-state index in [4.69, 9.17) is 12.2 Å². The van der Waals surface area contributed by atoms with Crippen LogP contribution in [0.4, 0.5) is 10.1 Å². The highest BCUT2D eigenvalue weighted by Crippen LogP contribution is 2.18. The minimum atomic E-state index is -0.598. The first-order valence-electron chi connectivity index (χ1n) is 9.41. The lowest BCUT2D eigenvalue weighted by Gasteiger charge is -2.10. The summed E-state index contributed by atoms with van der Waals surface area (Å²) in [5.41, 5.74) is 0.297. The Balaban J connectivity index is 1.66. The molecule has 10 heteroatoms. The number of aromatic nitrogens is 2. The van der Waals surface area contributed by atoms with Gasteiger partial charge in [-0.25, -0.2) is 8.96 Å². The van der Waals surface area contributed by atoms with Crippen LogP contribution in [0.15, 0.2) is 71.5 Å². The fraction of sp³-hybridized carbons (Fsp3) is 0.0455. The zero-order valence-corrected chi connectivity index (χ0v) is 17.2. The van der Waals surface area contributed by atoms with Gasteiger partial charge in [0.2, 0.25) is 0 Å². The Kier molecular flexibility index (Phi) is 5.61. The Morgan fingerprint density at radius 2 is 1.84 bits per heavy atom. The van der Waals surface area contributed by atoms with Crippen LogP contribution >= 0.6 is 12.2 Å². The highest BCUT2D eigenvalue weighted by molar-refractivity contribution is 7.71. The molecule has 0 unspecified atom stereocenters. The van der Waals surface area contributed by atoms with Crippen LogP contribution in [0, 0.1) is 20.7 Å². The molecule has 0 saturated heterocycles. The number of amides is 1. The lowest BCUT2D eigenvalue weighted by molar-refractivity contribution is -0.385. The van der Waals surface area contributed by atoms with E-state index in [1.807, 2.05) is 0 Å². The molecular weight excluding hydrogens is 435 g/mol. The van der Waals surface area contributed by atoms with Crippen molar-refractivity contribution in [1.29, 1.82) is 0 Å². The first kappa shape index (κ1) is 21.1. The smallest absolute Gasteiger partial charge is 0.274 e. The molecule has 0 spiro atoms. The van der Waals surface area contributed by atoms with E-state index in [-0.39, 0.29) is 33.6 Å². The van der Waals surface area contributed by atoms with Gasteiger partial charge in [0, 0.05) is 23.7 Å². The number of hydrogen-bond donors (Lipinski definition) is 2. The quantitative estimate of drug-likeness (QED) is 0.271. The zero-order chi connectivity index (χ0) is 22.8. The second-order valence-corrected chi connectivity index (χ2v) is 7.24. The first-order chi connectivity index (χ1) is 15.4. The number of fused-ring (bicyclic) bond motifs is 1. The number of benzene rings is 3. The SMILES string of the molecule is O=C(NCc1ccccc1[N+](=O)[O-])c1ccc2c(=O)n(-c3ccccc3F)c(=S)[nH]c2c1. The van der Waals surface area contributed by atoms with Crippen molar-refractivity contribution in [3.63, 3.8) is 0 Å². The van der Waals surface area contributed by atoms with Crippen molar-refractivity contribution in [1.82, 2.24) is 14.9 Å². The van der Waals surface area contributed by atoms with Gasteiger partial charge in [0.05, 0.1) is 21.5 Å². The van der Waals surface area contributed by atoms with Crippen molar-refractivity contribution in [2.24, 2.45) is 0 Å². The van der Waals surface area contributed by atoms with Crippen LogP contribution in [-0.2, 0) is 6.54 Å². The summed E-state index contributed by atoms with van der Waals surface area (Å²) < 4.78 is 15.2. The molecule has 32 heavy (non-hydrogen) atoms. The third kappa shape index (κ3) is 3.91. The molecule has 0 aliphatic heterocycles. The van der Waals surface area contributed by atoms with Gasteiger partial charge >= 0.3 is 0 Å². The number of nitro groups is 1. The Bertz CT molecular complexity index is 1500. The highest BCUT2D eigenvalue weighted by Gasteiger charge is 2.15. The summed E-state index contributed by atoms with van der Waals surface area (Å²) in [5.74, 6) is -1.08. The van der Waals surface area contributed by atoms with Crippen LogP contribution in [-0.4, -0.2) is 20.4 Å². The molecule has 160 valence electrons. The lowest BCUT2D eigenvalue weighted by atomic mass is 10.1. The molecule has 1 aromatic heterocycles. The molecule has 0 aliphatic carbocycles. The van der Waals surface area contributed by atoms with Crippen molar-refractivity contribution < 1.29 is 14.1 Å². The number of hydrogen-bond acceptors (Lipinski definition) is 5. The summed E-state index contributed by atoms with van der Waals surface area (Å²) in [6.07, 6.45) is 0. The van der Waals surface area contributed by atoms with Crippen molar-refractivity contribution in [2.45, 2.75) is 6.54 Å². The number of H-pyrrole nitrogens is 1. The van der Waals surface area contributed by atoms with Gasteiger partial charge in [0.15, 0.2) is 4.77 Å². The fourth-order valence-electron chi connectivity index (χ4n) is 3.33. The van der Waals surface area contributed by atoms with Gasteiger partial charge in [0.25, 0.3) is 17.2 Å². The molecule has 0 atom stereocenters. The minimum Gasteiger partial charge on any atom is -0.348 e. The summed E-state index contributed by atoms with van der Waals surface area (Å²) in [6, 6.07) is 16.2. The molecule has 4 aromatic rings. The van der Waals surface area contributed by atoms with E-state index in [1.165, 1.54) is 42.5 Å². The van der Waals surface area contributed by atoms with Crippen LogP contribution in [0.5, 0.6) is 0 Å². The summed E-state index contributed by atoms with van der Waals surface area (Å²) >= 11 is 5.25. The van der Waals surface area contributed by atoms with Crippen molar-refractivity contribution >= 4 is 34.7 Å². The monoisotopic (exact) mass is 450 g/mol. The van der Waals surface area contributed by atoms with Crippen molar-refractivity contribution in [2.75, 3.05) is 0 Å². The van der Waals surface area contributed by atoms with Crippen LogP contribution in [0.25, 0.3) is 16.6 Å². The van der Waals surface area contributed by atoms with Gasteiger partial charge in [-0.3, -0.25) is 19.7 Å². The molecule has 0 fully saturated rings. The molecule has 0 radical (unpaired) electrons. The molecule has 3 aromatic carbocycles. The van der Waals surface area contributed by atoms with Gasteiger partial charge in [-0.05, 0) is 42.5 Å². The number of para-hydroxylation sites is 2. The lowest BCUT2D eigenvalue weighted by Crippen LogP contribution is -2.24. The topological polar surface area (TPSA) is 110 Å². The van der Waals surface area contributed by atoms with Gasteiger partial charge in [-0.1, -0.05) is 30.3 Å². The molecule has 1 heterocycles. The van der Waals surface area contributed by atoms with E-state index in [2.05, 4.69) is 10.3 Å². The van der Waals surface area contributed by atoms with Gasteiger partial charge in [-0.15, -0.1) is 0 Å². The Hall–Kier alpha value is -4.18. The number of nitro benzene ring substituents is 1. The fourth-order valence-corrected chi connectivity index (χ4v) is 3.62. The molecule has 0 bridgehead atoms. The van der Waals surface area contributed by atoms with Crippen molar-refractivity contribution in [3.05, 3.63) is 109 Å². The number of halogens is 1. The summed E-state index contributed by atoms with van der Waals surface area (Å²) in [4.78, 5) is 39.0. The maximum Gasteiger partial charge on any atom is 0.274 e. The Morgan fingerprint density at radius 1 is 1.12 bits per heavy atom. The third-order valence-electron chi connectivity index (χ3n) is 4.88. The minimum absolute atomic E-state index is 0.0203. The van der Waals surface area contributed by atoms with Crippen LogP contribution in [0.2, 0.25) is 0 Å². The standard InChI is InChI=1S/C22H15FN4O4S/c23-16-6-2-4-8-19(16)26-21(29)15-10-9-13(11-17(15)25-22(26)32)20(28)24-12-14-5-1-3-7-18(14)27(30)31/h1-11H,12H2,(H,24,28)(H,25,32). The van der Waals surface area contributed by atoms with Gasteiger partial charge in [0.1, 0.15) is 5.82 Å². The second-order valence-electron chi connectivity index (χ2n) is 6.85. The predicted octanol–water partition coefficient (Wildman–Crippen LogP) is 4.03. The van der Waals surface area contributed by atoms with Crippen LogP contribution in [0.1, 0.15) is 15.9 Å². The molecule has 1 amide bonds. The largest absolute Gasteiger partial charge is 0.348 e.